The zero-order valence-electron chi connectivity index (χ0n) is 25.1. The van der Waals surface area contributed by atoms with E-state index >= 15 is 0 Å². The number of ether oxygens (including phenoxy) is 2. The molecule has 0 saturated carbocycles. The average molecular weight is 595 g/mol. The zero-order chi connectivity index (χ0) is 30.4. The number of carbonyl (C=O) groups is 1. The summed E-state index contributed by atoms with van der Waals surface area (Å²) in [6, 6.07) is 14.2. The standard InChI is InChI=1S/C33H38N8O3/c1-2-44-28-19-29(32-26(21-34)23-37-41(32)24-28)25-6-7-30(36-22-25)40-13-9-33(10-14-40,20-27-5-3-4-11-35-27)38-31(42)8-12-39-15-17-43-18-16-39/h3-7,11,19,22-24H,2,8-10,12-18,20H2,1H3,(H,38,42). The lowest BCUT2D eigenvalue weighted by Crippen LogP contribution is -2.57. The number of rotatable bonds is 10. The number of hydrogen-bond donors (Lipinski definition) is 1. The summed E-state index contributed by atoms with van der Waals surface area (Å²) in [7, 11) is 0. The minimum absolute atomic E-state index is 0.0839. The van der Waals surface area contributed by atoms with Crippen LogP contribution in [0.3, 0.4) is 0 Å². The molecule has 11 heteroatoms. The van der Waals surface area contributed by atoms with Gasteiger partial charge in [0, 0.05) is 80.3 Å². The molecule has 2 saturated heterocycles. The zero-order valence-corrected chi connectivity index (χ0v) is 25.1. The number of fused-ring (bicyclic) bond motifs is 1. The SMILES string of the molecule is CCOc1cc(-c2ccc(N3CCC(Cc4ccccn4)(NC(=O)CCN4CCOCC4)CC3)nc2)c2c(C#N)cnn2c1. The lowest BCUT2D eigenvalue weighted by Gasteiger charge is -2.43. The predicted molar refractivity (Wildman–Crippen MR) is 166 cm³/mol. The van der Waals surface area contributed by atoms with Crippen LogP contribution < -0.4 is 15.0 Å². The first-order valence-corrected chi connectivity index (χ1v) is 15.3. The normalized spacial score (nSPS) is 16.9. The Labute approximate surface area is 257 Å². The Kier molecular flexibility index (Phi) is 9.00. The average Bonchev–Trinajstić information content (AvgIpc) is 3.48. The van der Waals surface area contributed by atoms with Gasteiger partial charge in [0.05, 0.1) is 43.3 Å². The number of aromatic nitrogens is 4. The molecule has 0 bridgehead atoms. The number of carbonyl (C=O) groups excluding carboxylic acids is 1. The molecule has 0 aromatic carbocycles. The topological polar surface area (TPSA) is 121 Å². The van der Waals surface area contributed by atoms with Crippen molar-refractivity contribution < 1.29 is 14.3 Å². The smallest absolute Gasteiger partial charge is 0.221 e. The fourth-order valence-corrected chi connectivity index (χ4v) is 6.18. The first-order chi connectivity index (χ1) is 21.6. The van der Waals surface area contributed by atoms with E-state index in [0.29, 0.717) is 30.8 Å². The Bertz CT molecular complexity index is 1600. The Balaban J connectivity index is 1.16. The summed E-state index contributed by atoms with van der Waals surface area (Å²) in [5, 5.41) is 17.5. The van der Waals surface area contributed by atoms with Crippen LogP contribution in [0.25, 0.3) is 16.6 Å². The van der Waals surface area contributed by atoms with Crippen LogP contribution in [0.15, 0.2) is 61.2 Å². The molecule has 6 heterocycles. The number of amides is 1. The number of pyridine rings is 3. The van der Waals surface area contributed by atoms with Crippen LogP contribution in [0.2, 0.25) is 0 Å². The highest BCUT2D eigenvalue weighted by Gasteiger charge is 2.37. The molecule has 228 valence electrons. The van der Waals surface area contributed by atoms with Crippen molar-refractivity contribution in [2.45, 2.75) is 38.1 Å². The second-order valence-electron chi connectivity index (χ2n) is 11.4. The van der Waals surface area contributed by atoms with Crippen molar-refractivity contribution in [3.05, 3.63) is 72.4 Å². The summed E-state index contributed by atoms with van der Waals surface area (Å²) in [6.07, 6.45) is 9.75. The summed E-state index contributed by atoms with van der Waals surface area (Å²) in [5.41, 5.74) is 3.57. The van der Waals surface area contributed by atoms with Gasteiger partial charge in [0.15, 0.2) is 0 Å². The first-order valence-electron chi connectivity index (χ1n) is 15.3. The first kappa shape index (κ1) is 29.5. The predicted octanol–water partition coefficient (Wildman–Crippen LogP) is 3.48. The molecule has 0 spiro atoms. The highest BCUT2D eigenvalue weighted by atomic mass is 16.5. The lowest BCUT2D eigenvalue weighted by molar-refractivity contribution is -0.123. The van der Waals surface area contributed by atoms with Crippen LogP contribution in [-0.4, -0.2) is 88.5 Å². The summed E-state index contributed by atoms with van der Waals surface area (Å²) >= 11 is 0. The van der Waals surface area contributed by atoms with E-state index in [1.807, 2.05) is 55.7 Å². The Morgan fingerprint density at radius 1 is 1.11 bits per heavy atom. The van der Waals surface area contributed by atoms with E-state index < -0.39 is 0 Å². The molecule has 4 aromatic heterocycles. The maximum Gasteiger partial charge on any atom is 0.221 e. The van der Waals surface area contributed by atoms with Gasteiger partial charge in [-0.2, -0.15) is 10.4 Å². The fourth-order valence-electron chi connectivity index (χ4n) is 6.18. The van der Waals surface area contributed by atoms with E-state index in [0.717, 1.165) is 86.9 Å². The van der Waals surface area contributed by atoms with Gasteiger partial charge in [-0.25, -0.2) is 9.50 Å². The van der Waals surface area contributed by atoms with Crippen LogP contribution in [0, 0.1) is 11.3 Å². The molecular formula is C33H38N8O3. The maximum atomic E-state index is 13.2. The third-order valence-electron chi connectivity index (χ3n) is 8.53. The third kappa shape index (κ3) is 6.67. The van der Waals surface area contributed by atoms with Crippen LogP contribution >= 0.6 is 0 Å². The van der Waals surface area contributed by atoms with Gasteiger partial charge in [-0.1, -0.05) is 6.07 Å². The molecule has 4 aromatic rings. The van der Waals surface area contributed by atoms with Crippen molar-refractivity contribution in [3.8, 4) is 22.9 Å². The van der Waals surface area contributed by atoms with Crippen molar-refractivity contribution in [2.24, 2.45) is 0 Å². The second kappa shape index (κ2) is 13.4. The van der Waals surface area contributed by atoms with Gasteiger partial charge in [0.25, 0.3) is 0 Å². The number of nitriles is 1. The maximum absolute atomic E-state index is 13.2. The van der Waals surface area contributed by atoms with E-state index in [2.05, 4.69) is 31.3 Å². The molecule has 2 fully saturated rings. The Morgan fingerprint density at radius 3 is 2.66 bits per heavy atom. The number of nitrogens with zero attached hydrogens (tertiary/aromatic N) is 7. The molecule has 2 aliphatic heterocycles. The molecule has 2 aliphatic rings. The summed E-state index contributed by atoms with van der Waals surface area (Å²) in [6.45, 7) is 7.92. The molecule has 0 radical (unpaired) electrons. The number of piperidine rings is 1. The summed E-state index contributed by atoms with van der Waals surface area (Å²) in [5.74, 6) is 1.64. The van der Waals surface area contributed by atoms with Gasteiger partial charge in [0.2, 0.25) is 5.91 Å². The van der Waals surface area contributed by atoms with Crippen molar-refractivity contribution in [1.82, 2.24) is 29.8 Å². The highest BCUT2D eigenvalue weighted by molar-refractivity contribution is 5.85. The van der Waals surface area contributed by atoms with Crippen molar-refractivity contribution in [1.29, 1.82) is 5.26 Å². The number of morpholine rings is 1. The lowest BCUT2D eigenvalue weighted by atomic mass is 9.82. The summed E-state index contributed by atoms with van der Waals surface area (Å²) in [4.78, 5) is 27.2. The molecule has 0 unspecified atom stereocenters. The van der Waals surface area contributed by atoms with E-state index in [-0.39, 0.29) is 11.4 Å². The second-order valence-corrected chi connectivity index (χ2v) is 11.4. The van der Waals surface area contributed by atoms with Crippen LogP contribution in [0.1, 0.15) is 37.4 Å². The van der Waals surface area contributed by atoms with Crippen LogP contribution in [0.5, 0.6) is 5.75 Å². The van der Waals surface area contributed by atoms with Crippen molar-refractivity contribution >= 4 is 17.2 Å². The quantitative estimate of drug-likeness (QED) is 0.294. The Morgan fingerprint density at radius 2 is 1.95 bits per heavy atom. The van der Waals surface area contributed by atoms with Gasteiger partial charge in [-0.15, -0.1) is 0 Å². The van der Waals surface area contributed by atoms with Gasteiger partial charge in [0.1, 0.15) is 17.6 Å². The van der Waals surface area contributed by atoms with Gasteiger partial charge >= 0.3 is 0 Å². The number of anilines is 1. The fraction of sp³-hybridized carbons (Fsp3) is 0.424. The van der Waals surface area contributed by atoms with Crippen LogP contribution in [-0.2, 0) is 16.0 Å². The minimum atomic E-state index is -0.367. The monoisotopic (exact) mass is 594 g/mol. The molecule has 0 atom stereocenters. The molecule has 44 heavy (non-hydrogen) atoms. The minimum Gasteiger partial charge on any atom is -0.492 e. The van der Waals surface area contributed by atoms with Crippen molar-refractivity contribution in [3.63, 3.8) is 0 Å². The molecule has 11 nitrogen and oxygen atoms in total. The highest BCUT2D eigenvalue weighted by Crippen LogP contribution is 2.33. The van der Waals surface area contributed by atoms with E-state index in [4.69, 9.17) is 14.5 Å². The van der Waals surface area contributed by atoms with E-state index in [9.17, 15) is 10.1 Å². The molecule has 1 amide bonds. The molecule has 0 aliphatic carbocycles. The molecule has 1 N–H and O–H groups in total. The number of nitrogens with one attached hydrogen (secondary N) is 1. The molecular weight excluding hydrogens is 556 g/mol. The van der Waals surface area contributed by atoms with Crippen molar-refractivity contribution in [2.75, 3.05) is 57.4 Å². The van der Waals surface area contributed by atoms with E-state index in [1.54, 1.807) is 16.9 Å². The van der Waals surface area contributed by atoms with E-state index in [1.165, 1.54) is 0 Å². The third-order valence-corrected chi connectivity index (χ3v) is 8.53. The Hall–Kier alpha value is -4.53. The molecule has 6 rings (SSSR count). The van der Waals surface area contributed by atoms with Gasteiger partial charge in [-0.3, -0.25) is 14.7 Å². The van der Waals surface area contributed by atoms with Crippen LogP contribution in [0.4, 0.5) is 5.82 Å². The number of hydrogen-bond acceptors (Lipinski definition) is 9. The van der Waals surface area contributed by atoms with Gasteiger partial charge in [-0.05, 0) is 50.1 Å². The summed E-state index contributed by atoms with van der Waals surface area (Å²) < 4.78 is 12.9. The van der Waals surface area contributed by atoms with Gasteiger partial charge < -0.3 is 19.7 Å². The largest absolute Gasteiger partial charge is 0.492 e.